The van der Waals surface area contributed by atoms with Gasteiger partial charge in [-0.05, 0) is 24.3 Å². The van der Waals surface area contributed by atoms with Gasteiger partial charge in [-0.1, -0.05) is 58.5 Å². The Morgan fingerprint density at radius 3 is 1.43 bits per heavy atom. The van der Waals surface area contributed by atoms with E-state index in [1.165, 1.54) is 0 Å². The third-order valence-corrected chi connectivity index (χ3v) is 6.29. The van der Waals surface area contributed by atoms with E-state index in [2.05, 4.69) is 10.6 Å². The summed E-state index contributed by atoms with van der Waals surface area (Å²) in [5.41, 5.74) is 0.980. The van der Waals surface area contributed by atoms with Crippen LogP contribution in [-0.2, 0) is 9.59 Å². The van der Waals surface area contributed by atoms with Crippen LogP contribution in [0.3, 0.4) is 0 Å². The molecule has 10 heteroatoms. The van der Waals surface area contributed by atoms with Crippen LogP contribution in [-0.4, -0.2) is 60.9 Å². The van der Waals surface area contributed by atoms with Crippen molar-refractivity contribution in [3.63, 3.8) is 0 Å². The van der Waals surface area contributed by atoms with E-state index < -0.39 is 0 Å². The number of halogens is 4. The van der Waals surface area contributed by atoms with Crippen molar-refractivity contribution in [1.29, 1.82) is 0 Å². The molecule has 2 amide bonds. The first-order valence-electron chi connectivity index (χ1n) is 9.26. The summed E-state index contributed by atoms with van der Waals surface area (Å²) in [6, 6.07) is 10.2. The topological polar surface area (TPSA) is 64.7 Å². The van der Waals surface area contributed by atoms with Crippen LogP contribution in [0.25, 0.3) is 0 Å². The third-order valence-electron chi connectivity index (χ3n) is 4.65. The van der Waals surface area contributed by atoms with Crippen LogP contribution in [0.15, 0.2) is 36.4 Å². The fraction of sp³-hybridized carbons (Fsp3) is 0.300. The Balaban J connectivity index is 1.43. The van der Waals surface area contributed by atoms with E-state index in [4.69, 9.17) is 46.4 Å². The van der Waals surface area contributed by atoms with Gasteiger partial charge in [-0.3, -0.25) is 19.4 Å². The first kappa shape index (κ1) is 23.1. The van der Waals surface area contributed by atoms with E-state index in [-0.39, 0.29) is 24.9 Å². The van der Waals surface area contributed by atoms with Gasteiger partial charge >= 0.3 is 0 Å². The average molecular weight is 490 g/mol. The van der Waals surface area contributed by atoms with Crippen molar-refractivity contribution < 1.29 is 9.59 Å². The lowest BCUT2D eigenvalue weighted by molar-refractivity contribution is -0.120. The van der Waals surface area contributed by atoms with E-state index in [0.29, 0.717) is 57.6 Å². The summed E-state index contributed by atoms with van der Waals surface area (Å²) in [5, 5.41) is 6.99. The Morgan fingerprint density at radius 2 is 1.07 bits per heavy atom. The predicted octanol–water partition coefficient (Wildman–Crippen LogP) is 4.50. The Bertz CT molecular complexity index is 858. The van der Waals surface area contributed by atoms with Gasteiger partial charge in [0.2, 0.25) is 11.8 Å². The van der Waals surface area contributed by atoms with Crippen molar-refractivity contribution in [3.8, 4) is 0 Å². The van der Waals surface area contributed by atoms with E-state index in [1.807, 2.05) is 9.80 Å². The van der Waals surface area contributed by atoms with Crippen LogP contribution in [0.1, 0.15) is 0 Å². The molecule has 2 aromatic carbocycles. The number of anilines is 2. The number of nitrogens with zero attached hydrogens (tertiary/aromatic N) is 2. The Hall–Kier alpha value is -1.54. The molecule has 1 saturated heterocycles. The van der Waals surface area contributed by atoms with Crippen molar-refractivity contribution in [3.05, 3.63) is 56.5 Å². The highest BCUT2D eigenvalue weighted by atomic mass is 35.5. The second kappa shape index (κ2) is 10.7. The van der Waals surface area contributed by atoms with Crippen LogP contribution in [0.5, 0.6) is 0 Å². The molecule has 0 saturated carbocycles. The highest BCUT2D eigenvalue weighted by Crippen LogP contribution is 2.30. The molecular formula is C20H20Cl4N4O2. The Morgan fingerprint density at radius 1 is 0.700 bits per heavy atom. The summed E-state index contributed by atoms with van der Waals surface area (Å²) in [5.74, 6) is -0.332. The molecule has 0 aromatic heterocycles. The largest absolute Gasteiger partial charge is 0.324 e. The van der Waals surface area contributed by atoms with Crippen molar-refractivity contribution in [2.75, 3.05) is 49.9 Å². The molecule has 30 heavy (non-hydrogen) atoms. The maximum Gasteiger partial charge on any atom is 0.238 e. The maximum absolute atomic E-state index is 12.3. The summed E-state index contributed by atoms with van der Waals surface area (Å²) >= 11 is 24.1. The van der Waals surface area contributed by atoms with Crippen molar-refractivity contribution in [2.24, 2.45) is 0 Å². The lowest BCUT2D eigenvalue weighted by Crippen LogP contribution is -2.50. The molecule has 0 unspecified atom stereocenters. The lowest BCUT2D eigenvalue weighted by atomic mass is 10.2. The van der Waals surface area contributed by atoms with Gasteiger partial charge < -0.3 is 10.6 Å². The molecule has 0 radical (unpaired) electrons. The van der Waals surface area contributed by atoms with Crippen LogP contribution >= 0.6 is 46.4 Å². The fourth-order valence-electron chi connectivity index (χ4n) is 3.09. The number of nitrogens with one attached hydrogen (secondary N) is 2. The smallest absolute Gasteiger partial charge is 0.238 e. The summed E-state index contributed by atoms with van der Waals surface area (Å²) in [6.45, 7) is 3.15. The number of carbonyl (C=O) groups excluding carboxylic acids is 2. The zero-order valence-corrected chi connectivity index (χ0v) is 19.0. The zero-order chi connectivity index (χ0) is 21.7. The van der Waals surface area contributed by atoms with Gasteiger partial charge in [0.1, 0.15) is 0 Å². The zero-order valence-electron chi connectivity index (χ0n) is 15.9. The summed E-state index contributed by atoms with van der Waals surface area (Å²) in [6.07, 6.45) is 0. The molecule has 2 aromatic rings. The second-order valence-corrected chi connectivity index (χ2v) is 8.42. The van der Waals surface area contributed by atoms with Gasteiger partial charge in [0.15, 0.2) is 0 Å². The van der Waals surface area contributed by atoms with Gasteiger partial charge in [0.25, 0.3) is 0 Å². The molecule has 6 nitrogen and oxygen atoms in total. The number of carbonyl (C=O) groups is 2. The van der Waals surface area contributed by atoms with E-state index in [0.717, 1.165) is 0 Å². The van der Waals surface area contributed by atoms with Gasteiger partial charge in [-0.25, -0.2) is 0 Å². The molecule has 3 rings (SSSR count). The maximum atomic E-state index is 12.3. The lowest BCUT2D eigenvalue weighted by Gasteiger charge is -2.33. The molecule has 1 fully saturated rings. The SMILES string of the molecule is O=C(CN1CCN(CC(=O)Nc2cccc(Cl)c2Cl)CC1)Nc1cccc(Cl)c1Cl. The summed E-state index contributed by atoms with van der Waals surface area (Å²) in [4.78, 5) is 28.7. The van der Waals surface area contributed by atoms with E-state index in [1.54, 1.807) is 36.4 Å². The molecule has 1 heterocycles. The molecule has 1 aliphatic rings. The first-order chi connectivity index (χ1) is 14.3. The Labute approximate surface area is 195 Å². The summed E-state index contributed by atoms with van der Waals surface area (Å²) < 4.78 is 0. The molecule has 160 valence electrons. The van der Waals surface area contributed by atoms with Gasteiger partial charge in [0.05, 0.1) is 44.6 Å². The average Bonchev–Trinajstić information content (AvgIpc) is 2.70. The molecule has 2 N–H and O–H groups in total. The number of benzene rings is 2. The quantitative estimate of drug-likeness (QED) is 0.627. The van der Waals surface area contributed by atoms with Crippen LogP contribution in [0.4, 0.5) is 11.4 Å². The van der Waals surface area contributed by atoms with Gasteiger partial charge in [-0.15, -0.1) is 0 Å². The minimum absolute atomic E-state index is 0.166. The highest BCUT2D eigenvalue weighted by Gasteiger charge is 2.21. The van der Waals surface area contributed by atoms with Crippen molar-refractivity contribution >= 4 is 69.6 Å². The van der Waals surface area contributed by atoms with Crippen LogP contribution in [0, 0.1) is 0 Å². The normalized spacial score (nSPS) is 15.1. The number of rotatable bonds is 6. The standard InChI is InChI=1S/C20H20Cl4N4O2/c21-13-3-1-5-15(19(13)23)25-17(29)11-27-7-9-28(10-8-27)12-18(30)26-16-6-2-4-14(22)20(16)24/h1-6H,7-12H2,(H,25,29)(H,26,30). The minimum Gasteiger partial charge on any atom is -0.324 e. The van der Waals surface area contributed by atoms with Gasteiger partial charge in [0, 0.05) is 26.2 Å². The first-order valence-corrected chi connectivity index (χ1v) is 10.8. The number of amides is 2. The fourth-order valence-corrected chi connectivity index (χ4v) is 3.79. The summed E-state index contributed by atoms with van der Waals surface area (Å²) in [7, 11) is 0. The molecule has 1 aliphatic heterocycles. The minimum atomic E-state index is -0.166. The molecule has 0 spiro atoms. The van der Waals surface area contributed by atoms with Crippen molar-refractivity contribution in [2.45, 2.75) is 0 Å². The second-order valence-electron chi connectivity index (χ2n) is 6.85. The van der Waals surface area contributed by atoms with Crippen molar-refractivity contribution in [1.82, 2.24) is 9.80 Å². The number of piperazine rings is 1. The monoisotopic (exact) mass is 488 g/mol. The Kier molecular flexibility index (Phi) is 8.22. The number of hydrogen-bond donors (Lipinski definition) is 2. The molecule has 0 bridgehead atoms. The van der Waals surface area contributed by atoms with Crippen LogP contribution < -0.4 is 10.6 Å². The molecule has 0 atom stereocenters. The van der Waals surface area contributed by atoms with E-state index in [9.17, 15) is 9.59 Å². The number of hydrogen-bond acceptors (Lipinski definition) is 4. The van der Waals surface area contributed by atoms with E-state index >= 15 is 0 Å². The van der Waals surface area contributed by atoms with Gasteiger partial charge in [-0.2, -0.15) is 0 Å². The third kappa shape index (κ3) is 6.23. The molecule has 0 aliphatic carbocycles. The van der Waals surface area contributed by atoms with Crippen LogP contribution in [0.2, 0.25) is 20.1 Å². The highest BCUT2D eigenvalue weighted by molar-refractivity contribution is 6.44. The molecular weight excluding hydrogens is 470 g/mol. The predicted molar refractivity (Wildman–Crippen MR) is 123 cm³/mol.